The first-order valence-corrected chi connectivity index (χ1v) is 9.09. The lowest BCUT2D eigenvalue weighted by molar-refractivity contribution is -0.122. The van der Waals surface area contributed by atoms with Crippen molar-refractivity contribution in [2.24, 2.45) is 11.7 Å². The van der Waals surface area contributed by atoms with Crippen LogP contribution in [0.25, 0.3) is 0 Å². The SMILES string of the molecule is CCc1oc(C(=O)N[C@H]2CC=CC[C@H]2C(N)=O)cc1CN(CC)CC. The van der Waals surface area contributed by atoms with Crippen molar-refractivity contribution in [2.75, 3.05) is 13.1 Å². The van der Waals surface area contributed by atoms with Crippen molar-refractivity contribution < 1.29 is 14.0 Å². The molecule has 0 fully saturated rings. The van der Waals surface area contributed by atoms with Gasteiger partial charge in [-0.25, -0.2) is 0 Å². The molecule has 2 atom stereocenters. The first-order chi connectivity index (χ1) is 12.0. The van der Waals surface area contributed by atoms with E-state index < -0.39 is 0 Å². The van der Waals surface area contributed by atoms with Gasteiger partial charge in [0.15, 0.2) is 5.76 Å². The molecule has 3 N–H and O–H groups in total. The van der Waals surface area contributed by atoms with Crippen molar-refractivity contribution in [1.82, 2.24) is 10.2 Å². The monoisotopic (exact) mass is 347 g/mol. The third-order valence-corrected chi connectivity index (χ3v) is 4.84. The van der Waals surface area contributed by atoms with E-state index >= 15 is 0 Å². The molecule has 6 nitrogen and oxygen atoms in total. The average Bonchev–Trinajstić information content (AvgIpc) is 3.03. The molecule has 138 valence electrons. The molecule has 0 aliphatic heterocycles. The van der Waals surface area contributed by atoms with Crippen LogP contribution < -0.4 is 11.1 Å². The second kappa shape index (κ2) is 8.85. The maximum atomic E-state index is 12.6. The first kappa shape index (κ1) is 19.2. The quantitative estimate of drug-likeness (QED) is 0.706. The van der Waals surface area contributed by atoms with Crippen molar-refractivity contribution in [3.05, 3.63) is 35.3 Å². The zero-order chi connectivity index (χ0) is 18.4. The van der Waals surface area contributed by atoms with Gasteiger partial charge in [0.25, 0.3) is 5.91 Å². The summed E-state index contributed by atoms with van der Waals surface area (Å²) >= 11 is 0. The summed E-state index contributed by atoms with van der Waals surface area (Å²) in [6, 6.07) is 1.54. The van der Waals surface area contributed by atoms with E-state index in [-0.39, 0.29) is 23.8 Å². The molecular formula is C19H29N3O3. The minimum atomic E-state index is -0.384. The van der Waals surface area contributed by atoms with Gasteiger partial charge in [-0.2, -0.15) is 0 Å². The summed E-state index contributed by atoms with van der Waals surface area (Å²) in [6.45, 7) is 8.90. The summed E-state index contributed by atoms with van der Waals surface area (Å²) in [6.07, 6.45) is 5.80. The van der Waals surface area contributed by atoms with Crippen LogP contribution in [-0.2, 0) is 17.8 Å². The van der Waals surface area contributed by atoms with E-state index in [1.165, 1.54) is 0 Å². The van der Waals surface area contributed by atoms with Gasteiger partial charge in [0, 0.05) is 24.6 Å². The van der Waals surface area contributed by atoms with Crippen LogP contribution in [0.15, 0.2) is 22.6 Å². The zero-order valence-corrected chi connectivity index (χ0v) is 15.4. The van der Waals surface area contributed by atoms with Crippen LogP contribution in [0.2, 0.25) is 0 Å². The molecule has 2 rings (SSSR count). The Morgan fingerprint density at radius 1 is 1.24 bits per heavy atom. The van der Waals surface area contributed by atoms with Crippen molar-refractivity contribution in [2.45, 2.75) is 52.6 Å². The number of allylic oxidation sites excluding steroid dienone is 1. The fourth-order valence-corrected chi connectivity index (χ4v) is 3.23. The van der Waals surface area contributed by atoms with Crippen LogP contribution >= 0.6 is 0 Å². The summed E-state index contributed by atoms with van der Waals surface area (Å²) in [5.41, 5.74) is 6.50. The Morgan fingerprint density at radius 3 is 2.52 bits per heavy atom. The van der Waals surface area contributed by atoms with Gasteiger partial charge in [0.2, 0.25) is 5.91 Å². The van der Waals surface area contributed by atoms with Gasteiger partial charge < -0.3 is 15.5 Å². The lowest BCUT2D eigenvalue weighted by Gasteiger charge is -2.26. The van der Waals surface area contributed by atoms with Crippen molar-refractivity contribution in [3.8, 4) is 0 Å². The Balaban J connectivity index is 2.12. The molecule has 0 saturated carbocycles. The van der Waals surface area contributed by atoms with Gasteiger partial charge in [-0.05, 0) is 32.0 Å². The number of aryl methyl sites for hydroxylation is 1. The van der Waals surface area contributed by atoms with E-state index in [1.807, 2.05) is 25.1 Å². The highest BCUT2D eigenvalue weighted by atomic mass is 16.4. The normalized spacial score (nSPS) is 20.0. The molecule has 1 aliphatic rings. The van der Waals surface area contributed by atoms with Gasteiger partial charge >= 0.3 is 0 Å². The third kappa shape index (κ3) is 4.72. The van der Waals surface area contributed by atoms with Crippen molar-refractivity contribution in [1.29, 1.82) is 0 Å². The molecule has 1 aliphatic carbocycles. The lowest BCUT2D eigenvalue weighted by atomic mass is 9.88. The van der Waals surface area contributed by atoms with Crippen LogP contribution in [0.1, 0.15) is 55.5 Å². The maximum absolute atomic E-state index is 12.6. The summed E-state index contributed by atoms with van der Waals surface area (Å²) in [5.74, 6) is 0.103. The number of hydrogen-bond donors (Lipinski definition) is 2. The van der Waals surface area contributed by atoms with Gasteiger partial charge in [-0.15, -0.1) is 0 Å². The summed E-state index contributed by atoms with van der Waals surface area (Å²) in [4.78, 5) is 26.5. The molecule has 0 aromatic carbocycles. The number of carbonyl (C=O) groups is 2. The molecule has 0 bridgehead atoms. The van der Waals surface area contributed by atoms with Gasteiger partial charge in [-0.3, -0.25) is 14.5 Å². The topological polar surface area (TPSA) is 88.6 Å². The fourth-order valence-electron chi connectivity index (χ4n) is 3.23. The number of rotatable bonds is 8. The van der Waals surface area contributed by atoms with Gasteiger partial charge in [-0.1, -0.05) is 32.9 Å². The smallest absolute Gasteiger partial charge is 0.287 e. The van der Waals surface area contributed by atoms with Crippen LogP contribution in [0.3, 0.4) is 0 Å². The third-order valence-electron chi connectivity index (χ3n) is 4.84. The molecule has 0 radical (unpaired) electrons. The number of primary amides is 1. The van der Waals surface area contributed by atoms with E-state index in [1.54, 1.807) is 0 Å². The molecule has 25 heavy (non-hydrogen) atoms. The number of nitrogens with two attached hydrogens (primary N) is 1. The highest BCUT2D eigenvalue weighted by Gasteiger charge is 2.29. The molecule has 1 aromatic heterocycles. The Hall–Kier alpha value is -2.08. The molecule has 2 amide bonds. The summed E-state index contributed by atoms with van der Waals surface area (Å²) < 4.78 is 5.78. The average molecular weight is 347 g/mol. The molecule has 1 aromatic rings. The second-order valence-electron chi connectivity index (χ2n) is 6.41. The summed E-state index contributed by atoms with van der Waals surface area (Å²) in [5, 5.41) is 2.91. The van der Waals surface area contributed by atoms with Crippen LogP contribution in [0.4, 0.5) is 0 Å². The number of amides is 2. The standard InChI is InChI=1S/C19H29N3O3/c1-4-16-13(12-22(5-2)6-3)11-17(25-16)19(24)21-15-10-8-7-9-14(15)18(20)23/h7-8,11,14-15H,4-6,9-10,12H2,1-3H3,(H2,20,23)(H,21,24)/t14-,15+/m1/s1. The van der Waals surface area contributed by atoms with E-state index in [0.717, 1.165) is 37.4 Å². The maximum Gasteiger partial charge on any atom is 0.287 e. The van der Waals surface area contributed by atoms with Crippen LogP contribution in [-0.4, -0.2) is 35.8 Å². The van der Waals surface area contributed by atoms with Crippen LogP contribution in [0, 0.1) is 5.92 Å². The number of furan rings is 1. The minimum absolute atomic E-state index is 0.281. The number of hydrogen-bond acceptors (Lipinski definition) is 4. The van der Waals surface area contributed by atoms with Gasteiger partial charge in [0.1, 0.15) is 5.76 Å². The highest BCUT2D eigenvalue weighted by Crippen LogP contribution is 2.22. The molecule has 6 heteroatoms. The van der Waals surface area contributed by atoms with Crippen molar-refractivity contribution in [3.63, 3.8) is 0 Å². The largest absolute Gasteiger partial charge is 0.456 e. The number of nitrogens with one attached hydrogen (secondary N) is 1. The second-order valence-corrected chi connectivity index (χ2v) is 6.41. The highest BCUT2D eigenvalue weighted by molar-refractivity contribution is 5.92. The predicted octanol–water partition coefficient (Wildman–Crippen LogP) is 2.23. The van der Waals surface area contributed by atoms with Gasteiger partial charge in [0.05, 0.1) is 5.92 Å². The Kier molecular flexibility index (Phi) is 6.82. The first-order valence-electron chi connectivity index (χ1n) is 9.09. The molecule has 0 saturated heterocycles. The van der Waals surface area contributed by atoms with E-state index in [2.05, 4.69) is 24.1 Å². The van der Waals surface area contributed by atoms with Crippen LogP contribution in [0.5, 0.6) is 0 Å². The number of nitrogens with zero attached hydrogens (tertiary/aromatic N) is 1. The van der Waals surface area contributed by atoms with E-state index in [9.17, 15) is 9.59 Å². The molecule has 0 spiro atoms. The zero-order valence-electron chi connectivity index (χ0n) is 15.4. The Labute approximate surface area is 149 Å². The number of carbonyl (C=O) groups excluding carboxylic acids is 2. The van der Waals surface area contributed by atoms with Crippen molar-refractivity contribution >= 4 is 11.8 Å². The minimum Gasteiger partial charge on any atom is -0.456 e. The fraction of sp³-hybridized carbons (Fsp3) is 0.579. The molecular weight excluding hydrogens is 318 g/mol. The summed E-state index contributed by atoms with van der Waals surface area (Å²) in [7, 11) is 0. The lowest BCUT2D eigenvalue weighted by Crippen LogP contribution is -2.46. The predicted molar refractivity (Wildman–Crippen MR) is 97.0 cm³/mol. The Bertz CT molecular complexity index is 632. The molecule has 1 heterocycles. The van der Waals surface area contributed by atoms with E-state index in [4.69, 9.17) is 10.2 Å². The Morgan fingerprint density at radius 2 is 1.92 bits per heavy atom. The van der Waals surface area contributed by atoms with E-state index in [0.29, 0.717) is 18.6 Å². The molecule has 0 unspecified atom stereocenters.